The van der Waals surface area contributed by atoms with E-state index in [9.17, 15) is 14.4 Å². The molecule has 2 aromatic rings. The lowest BCUT2D eigenvalue weighted by Gasteiger charge is -2.24. The fraction of sp³-hybridized carbons (Fsp3) is 0.273. The predicted octanol–water partition coefficient (Wildman–Crippen LogP) is 2.46. The number of nitrogens with one attached hydrogen (secondary N) is 2. The SMILES string of the molecule is CNC(=O)c1cccc(CNC(=O)C2=NN(c3cc(C)ccc3C)C(=O)CC2)c1. The molecule has 150 valence electrons. The van der Waals surface area contributed by atoms with Gasteiger partial charge in [0.1, 0.15) is 5.71 Å². The van der Waals surface area contributed by atoms with Crippen LogP contribution in [0.4, 0.5) is 5.69 Å². The molecule has 0 aromatic heterocycles. The Hall–Kier alpha value is -3.48. The normalized spacial score (nSPS) is 13.7. The number of hydrazone groups is 1. The highest BCUT2D eigenvalue weighted by atomic mass is 16.2. The van der Waals surface area contributed by atoms with E-state index in [4.69, 9.17) is 0 Å². The minimum Gasteiger partial charge on any atom is -0.355 e. The van der Waals surface area contributed by atoms with Gasteiger partial charge in [0.2, 0.25) is 5.91 Å². The molecule has 0 unspecified atom stereocenters. The number of carbonyl (C=O) groups is 3. The van der Waals surface area contributed by atoms with Crippen LogP contribution >= 0.6 is 0 Å². The number of carbonyl (C=O) groups excluding carboxylic acids is 3. The van der Waals surface area contributed by atoms with Crippen molar-refractivity contribution < 1.29 is 14.4 Å². The van der Waals surface area contributed by atoms with Gasteiger partial charge in [0.15, 0.2) is 0 Å². The van der Waals surface area contributed by atoms with Crippen molar-refractivity contribution in [2.24, 2.45) is 5.10 Å². The third-order valence-electron chi connectivity index (χ3n) is 4.76. The molecule has 0 bridgehead atoms. The molecule has 0 fully saturated rings. The minimum atomic E-state index is -0.321. The highest BCUT2D eigenvalue weighted by molar-refractivity contribution is 6.40. The number of amides is 3. The summed E-state index contributed by atoms with van der Waals surface area (Å²) < 4.78 is 0. The van der Waals surface area contributed by atoms with Crippen LogP contribution in [0.3, 0.4) is 0 Å². The van der Waals surface area contributed by atoms with Crippen LogP contribution in [0.1, 0.15) is 39.9 Å². The van der Waals surface area contributed by atoms with E-state index in [1.807, 2.05) is 38.1 Å². The van der Waals surface area contributed by atoms with E-state index in [1.165, 1.54) is 5.01 Å². The summed E-state index contributed by atoms with van der Waals surface area (Å²) in [6, 6.07) is 12.8. The summed E-state index contributed by atoms with van der Waals surface area (Å²) >= 11 is 0. The van der Waals surface area contributed by atoms with E-state index in [0.29, 0.717) is 23.4 Å². The summed E-state index contributed by atoms with van der Waals surface area (Å²) in [4.78, 5) is 36.8. The summed E-state index contributed by atoms with van der Waals surface area (Å²) in [5, 5.41) is 11.1. The first kappa shape index (κ1) is 20.3. The second-order valence-electron chi connectivity index (χ2n) is 7.00. The highest BCUT2D eigenvalue weighted by Gasteiger charge is 2.26. The molecule has 0 radical (unpaired) electrons. The lowest BCUT2D eigenvalue weighted by Crippen LogP contribution is -2.39. The molecule has 7 nitrogen and oxygen atoms in total. The van der Waals surface area contributed by atoms with Crippen LogP contribution in [-0.2, 0) is 16.1 Å². The monoisotopic (exact) mass is 392 g/mol. The van der Waals surface area contributed by atoms with Crippen LogP contribution < -0.4 is 15.6 Å². The third-order valence-corrected chi connectivity index (χ3v) is 4.76. The molecule has 7 heteroatoms. The molecule has 0 saturated carbocycles. The van der Waals surface area contributed by atoms with Crippen molar-refractivity contribution in [1.82, 2.24) is 10.6 Å². The van der Waals surface area contributed by atoms with Crippen LogP contribution in [0.15, 0.2) is 47.6 Å². The fourth-order valence-corrected chi connectivity index (χ4v) is 3.10. The summed E-state index contributed by atoms with van der Waals surface area (Å²) in [7, 11) is 1.57. The van der Waals surface area contributed by atoms with Gasteiger partial charge >= 0.3 is 0 Å². The van der Waals surface area contributed by atoms with Crippen molar-refractivity contribution in [1.29, 1.82) is 0 Å². The summed E-state index contributed by atoms with van der Waals surface area (Å²) in [6.07, 6.45) is 0.524. The van der Waals surface area contributed by atoms with Crippen molar-refractivity contribution in [3.63, 3.8) is 0 Å². The van der Waals surface area contributed by atoms with Gasteiger partial charge in [0.05, 0.1) is 5.69 Å². The maximum atomic E-state index is 12.6. The predicted molar refractivity (Wildman–Crippen MR) is 112 cm³/mol. The van der Waals surface area contributed by atoms with Crippen molar-refractivity contribution >= 4 is 29.1 Å². The standard InChI is InChI=1S/C22H24N4O3/c1-14-7-8-15(2)19(11-14)26-20(27)10-9-18(25-26)22(29)24-13-16-5-4-6-17(12-16)21(28)23-3/h4-8,11-12H,9-10,13H2,1-3H3,(H,23,28)(H,24,29). The molecule has 1 aliphatic rings. The first-order chi connectivity index (χ1) is 13.9. The van der Waals surface area contributed by atoms with E-state index in [1.54, 1.807) is 25.2 Å². The molecule has 1 aliphatic heterocycles. The zero-order valence-corrected chi connectivity index (χ0v) is 16.8. The summed E-state index contributed by atoms with van der Waals surface area (Å²) in [6.45, 7) is 4.12. The van der Waals surface area contributed by atoms with Gasteiger partial charge in [0.25, 0.3) is 11.8 Å². The topological polar surface area (TPSA) is 90.9 Å². The van der Waals surface area contributed by atoms with Crippen LogP contribution in [-0.4, -0.2) is 30.5 Å². The Morgan fingerprint density at radius 2 is 1.86 bits per heavy atom. The van der Waals surface area contributed by atoms with E-state index < -0.39 is 0 Å². The molecule has 29 heavy (non-hydrogen) atoms. The number of nitrogens with zero attached hydrogens (tertiary/aromatic N) is 2. The Labute approximate surface area is 169 Å². The molecule has 3 amide bonds. The molecule has 0 spiro atoms. The number of hydrogen-bond acceptors (Lipinski definition) is 4. The van der Waals surface area contributed by atoms with Crippen LogP contribution in [0.2, 0.25) is 0 Å². The van der Waals surface area contributed by atoms with Crippen molar-refractivity contribution in [3.05, 3.63) is 64.7 Å². The molecule has 0 atom stereocenters. The fourth-order valence-electron chi connectivity index (χ4n) is 3.10. The maximum Gasteiger partial charge on any atom is 0.267 e. The minimum absolute atomic E-state index is 0.131. The Kier molecular flexibility index (Phi) is 6.07. The van der Waals surface area contributed by atoms with Crippen LogP contribution in [0.25, 0.3) is 0 Å². The third kappa shape index (κ3) is 4.68. The highest BCUT2D eigenvalue weighted by Crippen LogP contribution is 2.25. The lowest BCUT2D eigenvalue weighted by molar-refractivity contribution is -0.119. The largest absolute Gasteiger partial charge is 0.355 e. The summed E-state index contributed by atoms with van der Waals surface area (Å²) in [5.41, 5.74) is 4.27. The van der Waals surface area contributed by atoms with Crippen molar-refractivity contribution in [3.8, 4) is 0 Å². The Balaban J connectivity index is 1.74. The number of benzene rings is 2. The number of rotatable bonds is 5. The van der Waals surface area contributed by atoms with Gasteiger partial charge in [-0.15, -0.1) is 0 Å². The van der Waals surface area contributed by atoms with Gasteiger partial charge < -0.3 is 10.6 Å². The number of aryl methyl sites for hydroxylation is 2. The molecule has 2 N–H and O–H groups in total. The Morgan fingerprint density at radius 1 is 1.07 bits per heavy atom. The Morgan fingerprint density at radius 3 is 2.62 bits per heavy atom. The van der Waals surface area contributed by atoms with E-state index >= 15 is 0 Å². The molecule has 2 aromatic carbocycles. The Bertz CT molecular complexity index is 997. The van der Waals surface area contributed by atoms with Gasteiger partial charge in [-0.05, 0) is 48.7 Å². The molecule has 0 saturated heterocycles. The number of hydrogen-bond donors (Lipinski definition) is 2. The lowest BCUT2D eigenvalue weighted by atomic mass is 10.1. The maximum absolute atomic E-state index is 12.6. The average Bonchev–Trinajstić information content (AvgIpc) is 2.73. The number of anilines is 1. The van der Waals surface area contributed by atoms with Crippen molar-refractivity contribution in [2.75, 3.05) is 12.1 Å². The van der Waals surface area contributed by atoms with Gasteiger partial charge in [-0.3, -0.25) is 14.4 Å². The van der Waals surface area contributed by atoms with E-state index in [0.717, 1.165) is 16.7 Å². The second kappa shape index (κ2) is 8.68. The molecular formula is C22H24N4O3. The van der Waals surface area contributed by atoms with Gasteiger partial charge in [0, 0.05) is 32.0 Å². The zero-order valence-electron chi connectivity index (χ0n) is 16.8. The van der Waals surface area contributed by atoms with Crippen molar-refractivity contribution in [2.45, 2.75) is 33.2 Å². The van der Waals surface area contributed by atoms with Crippen LogP contribution in [0.5, 0.6) is 0 Å². The first-order valence-corrected chi connectivity index (χ1v) is 9.46. The zero-order chi connectivity index (χ0) is 21.0. The first-order valence-electron chi connectivity index (χ1n) is 9.46. The smallest absolute Gasteiger partial charge is 0.267 e. The van der Waals surface area contributed by atoms with Gasteiger partial charge in [-0.1, -0.05) is 24.3 Å². The average molecular weight is 392 g/mol. The molecule has 0 aliphatic carbocycles. The quantitative estimate of drug-likeness (QED) is 0.819. The molecule has 1 heterocycles. The van der Waals surface area contributed by atoms with E-state index in [2.05, 4.69) is 15.7 Å². The molecule has 3 rings (SSSR count). The second-order valence-corrected chi connectivity index (χ2v) is 7.00. The molecular weight excluding hydrogens is 368 g/mol. The van der Waals surface area contributed by atoms with Gasteiger partial charge in [-0.2, -0.15) is 5.10 Å². The summed E-state index contributed by atoms with van der Waals surface area (Å²) in [5.74, 6) is -0.635. The van der Waals surface area contributed by atoms with E-state index in [-0.39, 0.29) is 30.7 Å². The van der Waals surface area contributed by atoms with Crippen LogP contribution in [0, 0.1) is 13.8 Å². The van der Waals surface area contributed by atoms with Gasteiger partial charge in [-0.25, -0.2) is 5.01 Å².